The molecule has 1 aliphatic rings. The van der Waals surface area contributed by atoms with Gasteiger partial charge in [-0.15, -0.1) is 0 Å². The summed E-state index contributed by atoms with van der Waals surface area (Å²) < 4.78 is 10.3. The van der Waals surface area contributed by atoms with E-state index >= 15 is 0 Å². The minimum atomic E-state index is -0.393. The highest BCUT2D eigenvalue weighted by Gasteiger charge is 2.33. The second-order valence-corrected chi connectivity index (χ2v) is 3.10. The third-order valence-electron chi connectivity index (χ3n) is 1.89. The van der Waals surface area contributed by atoms with Gasteiger partial charge in [-0.3, -0.25) is 0 Å². The summed E-state index contributed by atoms with van der Waals surface area (Å²) >= 11 is 0. The Morgan fingerprint density at radius 1 is 1.55 bits per heavy atom. The van der Waals surface area contributed by atoms with E-state index in [1.165, 1.54) is 0 Å². The largest absolute Gasteiger partial charge is 0.324 e. The molecule has 0 bridgehead atoms. The molecule has 0 amide bonds. The second-order valence-electron chi connectivity index (χ2n) is 3.10. The molecule has 0 spiro atoms. The highest BCUT2D eigenvalue weighted by atomic mass is 16.9. The molecule has 0 aromatic rings. The zero-order chi connectivity index (χ0) is 8.32. The van der Waals surface area contributed by atoms with Crippen molar-refractivity contribution in [1.82, 2.24) is 0 Å². The van der Waals surface area contributed by atoms with Crippen molar-refractivity contribution in [3.05, 3.63) is 0 Å². The molecule has 1 rings (SSSR count). The molecule has 0 saturated carbocycles. The van der Waals surface area contributed by atoms with Crippen molar-refractivity contribution >= 4 is 5.78 Å². The first-order valence-electron chi connectivity index (χ1n) is 3.90. The van der Waals surface area contributed by atoms with Crippen LogP contribution in [0.4, 0.5) is 0 Å². The fourth-order valence-corrected chi connectivity index (χ4v) is 1.06. The molecule has 1 saturated heterocycles. The van der Waals surface area contributed by atoms with Crippen LogP contribution in [0.3, 0.4) is 0 Å². The number of ether oxygens (including phenoxy) is 2. The Morgan fingerprint density at radius 2 is 2.18 bits per heavy atom. The van der Waals surface area contributed by atoms with Crippen molar-refractivity contribution in [2.24, 2.45) is 0 Å². The highest BCUT2D eigenvalue weighted by Crippen LogP contribution is 2.27. The topological polar surface area (TPSA) is 35.5 Å². The van der Waals surface area contributed by atoms with E-state index in [4.69, 9.17) is 9.47 Å². The van der Waals surface area contributed by atoms with Crippen LogP contribution >= 0.6 is 0 Å². The molecule has 1 fully saturated rings. The van der Waals surface area contributed by atoms with E-state index in [0.29, 0.717) is 13.2 Å². The predicted octanol–water partition coefficient (Wildman–Crippen LogP) is 1.47. The number of carbonyl (C=O) groups excluding carboxylic acids is 1. The summed E-state index contributed by atoms with van der Waals surface area (Å²) in [6.45, 7) is 3.90. The number of hydrogen-bond donors (Lipinski definition) is 0. The maximum absolute atomic E-state index is 10.6. The van der Waals surface area contributed by atoms with Gasteiger partial charge in [0.1, 0.15) is 5.78 Å². The summed E-state index contributed by atoms with van der Waals surface area (Å²) in [6.07, 6.45) is 2.29. The zero-order valence-electron chi connectivity index (χ0n) is 7.05. The molecule has 0 unspecified atom stereocenters. The lowest BCUT2D eigenvalue weighted by Gasteiger charge is -2.38. The molecular weight excluding hydrogens is 144 g/mol. The first kappa shape index (κ1) is 8.68. The molecule has 1 aliphatic heterocycles. The van der Waals surface area contributed by atoms with Gasteiger partial charge in [0.05, 0.1) is 0 Å². The number of Topliss-reactive ketones (excluding diaryl/α,β-unsaturated/α-hetero) is 1. The lowest BCUT2D eigenvalue weighted by molar-refractivity contribution is -0.391. The smallest absolute Gasteiger partial charge is 0.171 e. The van der Waals surface area contributed by atoms with Crippen LogP contribution in [0.2, 0.25) is 0 Å². The van der Waals surface area contributed by atoms with Gasteiger partial charge in [-0.25, -0.2) is 0 Å². The van der Waals surface area contributed by atoms with Crippen molar-refractivity contribution < 1.29 is 14.3 Å². The molecule has 0 aliphatic carbocycles. The SMILES string of the molecule is CC(=O)CCCC1(C)OCO1. The van der Waals surface area contributed by atoms with Gasteiger partial charge in [0.2, 0.25) is 0 Å². The van der Waals surface area contributed by atoms with Gasteiger partial charge in [-0.1, -0.05) is 0 Å². The van der Waals surface area contributed by atoms with E-state index in [1.54, 1.807) is 6.92 Å². The van der Waals surface area contributed by atoms with Crippen molar-refractivity contribution in [2.75, 3.05) is 6.79 Å². The average molecular weight is 158 g/mol. The first-order valence-corrected chi connectivity index (χ1v) is 3.90. The van der Waals surface area contributed by atoms with E-state index < -0.39 is 5.79 Å². The Morgan fingerprint density at radius 3 is 2.55 bits per heavy atom. The van der Waals surface area contributed by atoms with Gasteiger partial charge in [0, 0.05) is 12.8 Å². The Labute approximate surface area is 66.7 Å². The second kappa shape index (κ2) is 3.32. The first-order chi connectivity index (χ1) is 5.12. The van der Waals surface area contributed by atoms with Crippen molar-refractivity contribution in [2.45, 2.75) is 38.9 Å². The summed E-state index contributed by atoms with van der Waals surface area (Å²) in [5, 5.41) is 0. The van der Waals surface area contributed by atoms with Crippen LogP contribution in [-0.2, 0) is 14.3 Å². The lowest BCUT2D eigenvalue weighted by atomic mass is 10.1. The van der Waals surface area contributed by atoms with Crippen LogP contribution < -0.4 is 0 Å². The molecular formula is C8H14O3. The standard InChI is InChI=1S/C8H14O3/c1-7(9)4-3-5-8(2)10-6-11-8/h3-6H2,1-2H3. The summed E-state index contributed by atoms with van der Waals surface area (Å²) in [5.41, 5.74) is 0. The fourth-order valence-electron chi connectivity index (χ4n) is 1.06. The van der Waals surface area contributed by atoms with Crippen molar-refractivity contribution in [1.29, 1.82) is 0 Å². The van der Waals surface area contributed by atoms with Gasteiger partial charge in [0.25, 0.3) is 0 Å². The maximum Gasteiger partial charge on any atom is 0.171 e. The molecule has 1 heterocycles. The molecule has 0 radical (unpaired) electrons. The van der Waals surface area contributed by atoms with Gasteiger partial charge in [-0.05, 0) is 20.3 Å². The van der Waals surface area contributed by atoms with Crippen molar-refractivity contribution in [3.63, 3.8) is 0 Å². The monoisotopic (exact) mass is 158 g/mol. The third kappa shape index (κ3) is 2.60. The Hall–Kier alpha value is -0.410. The Bertz CT molecular complexity index is 149. The fraction of sp³-hybridized carbons (Fsp3) is 0.875. The minimum absolute atomic E-state index is 0.230. The van der Waals surface area contributed by atoms with Gasteiger partial charge >= 0.3 is 0 Å². The number of rotatable bonds is 4. The quantitative estimate of drug-likeness (QED) is 0.621. The van der Waals surface area contributed by atoms with Gasteiger partial charge in [-0.2, -0.15) is 0 Å². The Balaban J connectivity index is 2.07. The molecule has 0 N–H and O–H groups in total. The summed E-state index contributed by atoms with van der Waals surface area (Å²) in [4.78, 5) is 10.6. The molecule has 0 aromatic carbocycles. The summed E-state index contributed by atoms with van der Waals surface area (Å²) in [5.74, 6) is -0.164. The van der Waals surface area contributed by atoms with Crippen LogP contribution in [0.1, 0.15) is 33.1 Å². The molecule has 0 aromatic heterocycles. The van der Waals surface area contributed by atoms with E-state index in [1.807, 2.05) is 6.92 Å². The van der Waals surface area contributed by atoms with E-state index in [0.717, 1.165) is 12.8 Å². The average Bonchev–Trinajstić information content (AvgIpc) is 1.83. The van der Waals surface area contributed by atoms with E-state index in [2.05, 4.69) is 0 Å². The molecule has 3 nitrogen and oxygen atoms in total. The normalized spacial score (nSPS) is 20.9. The third-order valence-corrected chi connectivity index (χ3v) is 1.89. The molecule has 0 atom stereocenters. The van der Waals surface area contributed by atoms with E-state index in [9.17, 15) is 4.79 Å². The van der Waals surface area contributed by atoms with Crippen LogP contribution in [0.15, 0.2) is 0 Å². The van der Waals surface area contributed by atoms with Gasteiger partial charge in [0.15, 0.2) is 12.6 Å². The zero-order valence-corrected chi connectivity index (χ0v) is 7.05. The summed E-state index contributed by atoms with van der Waals surface area (Å²) in [7, 11) is 0. The lowest BCUT2D eigenvalue weighted by Crippen LogP contribution is -2.43. The molecule has 11 heavy (non-hydrogen) atoms. The maximum atomic E-state index is 10.6. The highest BCUT2D eigenvalue weighted by molar-refractivity contribution is 5.75. The van der Waals surface area contributed by atoms with Crippen LogP contribution in [0, 0.1) is 0 Å². The minimum Gasteiger partial charge on any atom is -0.324 e. The van der Waals surface area contributed by atoms with Crippen LogP contribution in [0.5, 0.6) is 0 Å². The van der Waals surface area contributed by atoms with Crippen molar-refractivity contribution in [3.8, 4) is 0 Å². The van der Waals surface area contributed by atoms with Gasteiger partial charge < -0.3 is 14.3 Å². The number of hydrogen-bond acceptors (Lipinski definition) is 3. The summed E-state index contributed by atoms with van der Waals surface area (Å²) in [6, 6.07) is 0. The van der Waals surface area contributed by atoms with Crippen LogP contribution in [0.25, 0.3) is 0 Å². The van der Waals surface area contributed by atoms with E-state index in [-0.39, 0.29) is 5.78 Å². The van der Waals surface area contributed by atoms with Crippen LogP contribution in [-0.4, -0.2) is 18.4 Å². The molecule has 64 valence electrons. The number of carbonyl (C=O) groups is 1. The Kier molecular flexibility index (Phi) is 2.62. The molecule has 3 heteroatoms. The predicted molar refractivity (Wildman–Crippen MR) is 40.0 cm³/mol. The number of ketones is 1.